The molecule has 21 heavy (non-hydrogen) atoms. The second-order valence-corrected chi connectivity index (χ2v) is 5.19. The van der Waals surface area contributed by atoms with E-state index in [-0.39, 0.29) is 0 Å². The number of rotatable bonds is 6. The Hall–Kier alpha value is -2.46. The number of hydrazine groups is 1. The highest BCUT2D eigenvalue weighted by Gasteiger charge is 2.00. The fourth-order valence-electron chi connectivity index (χ4n) is 2.11. The van der Waals surface area contributed by atoms with Crippen LogP contribution in [0.25, 0.3) is 10.8 Å². The van der Waals surface area contributed by atoms with Crippen LogP contribution in [-0.2, 0) is 6.54 Å². The SMILES string of the molecule is C=C(C)NC/C(N)=C/N(N)Cc1ccc2ccccc2c1. The van der Waals surface area contributed by atoms with E-state index in [0.717, 1.165) is 11.3 Å². The Labute approximate surface area is 125 Å². The number of nitrogens with one attached hydrogen (secondary N) is 1. The summed E-state index contributed by atoms with van der Waals surface area (Å²) in [4.78, 5) is 0. The first-order valence-electron chi connectivity index (χ1n) is 6.89. The summed E-state index contributed by atoms with van der Waals surface area (Å²) in [5, 5.41) is 7.11. The lowest BCUT2D eigenvalue weighted by atomic mass is 10.1. The number of hydrogen-bond donors (Lipinski definition) is 3. The molecule has 110 valence electrons. The van der Waals surface area contributed by atoms with Crippen LogP contribution in [0.15, 0.2) is 66.6 Å². The zero-order valence-corrected chi connectivity index (χ0v) is 12.3. The zero-order chi connectivity index (χ0) is 15.2. The molecular formula is C17H22N4. The summed E-state index contributed by atoms with van der Waals surface area (Å²) in [7, 11) is 0. The molecule has 2 rings (SSSR count). The van der Waals surface area contributed by atoms with Crippen LogP contribution in [0.4, 0.5) is 0 Å². The van der Waals surface area contributed by atoms with E-state index >= 15 is 0 Å². The lowest BCUT2D eigenvalue weighted by Gasteiger charge is -2.16. The summed E-state index contributed by atoms with van der Waals surface area (Å²) < 4.78 is 0. The molecule has 0 unspecified atom stereocenters. The topological polar surface area (TPSA) is 67.3 Å². The van der Waals surface area contributed by atoms with Crippen molar-refractivity contribution in [3.05, 3.63) is 72.2 Å². The minimum Gasteiger partial charge on any atom is -0.399 e. The molecule has 2 aromatic carbocycles. The van der Waals surface area contributed by atoms with Crippen molar-refractivity contribution in [2.24, 2.45) is 11.6 Å². The fourth-order valence-corrected chi connectivity index (χ4v) is 2.11. The number of fused-ring (bicyclic) bond motifs is 1. The summed E-state index contributed by atoms with van der Waals surface area (Å²) in [6, 6.07) is 14.6. The predicted molar refractivity (Wildman–Crippen MR) is 88.8 cm³/mol. The molecule has 0 heterocycles. The van der Waals surface area contributed by atoms with Crippen LogP contribution < -0.4 is 16.9 Å². The molecule has 2 aromatic rings. The van der Waals surface area contributed by atoms with Gasteiger partial charge in [-0.3, -0.25) is 0 Å². The van der Waals surface area contributed by atoms with Gasteiger partial charge in [-0.05, 0) is 29.3 Å². The molecule has 0 bridgehead atoms. The molecule has 5 N–H and O–H groups in total. The summed E-state index contributed by atoms with van der Waals surface area (Å²) in [6.45, 7) is 6.81. The third kappa shape index (κ3) is 4.54. The van der Waals surface area contributed by atoms with Gasteiger partial charge >= 0.3 is 0 Å². The molecule has 0 fully saturated rings. The average molecular weight is 282 g/mol. The molecule has 0 saturated heterocycles. The van der Waals surface area contributed by atoms with Crippen LogP contribution >= 0.6 is 0 Å². The van der Waals surface area contributed by atoms with Crippen LogP contribution in [-0.4, -0.2) is 11.6 Å². The molecular weight excluding hydrogens is 260 g/mol. The van der Waals surface area contributed by atoms with E-state index in [1.54, 1.807) is 11.2 Å². The van der Waals surface area contributed by atoms with E-state index < -0.39 is 0 Å². The zero-order valence-electron chi connectivity index (χ0n) is 12.3. The van der Waals surface area contributed by atoms with Gasteiger partial charge in [0.05, 0.1) is 13.1 Å². The van der Waals surface area contributed by atoms with Crippen molar-refractivity contribution in [1.82, 2.24) is 10.3 Å². The smallest absolute Gasteiger partial charge is 0.0586 e. The van der Waals surface area contributed by atoms with Crippen LogP contribution in [0.5, 0.6) is 0 Å². The molecule has 0 spiro atoms. The van der Waals surface area contributed by atoms with Gasteiger partial charge in [0.15, 0.2) is 0 Å². The monoisotopic (exact) mass is 282 g/mol. The molecule has 0 aliphatic rings. The minimum absolute atomic E-state index is 0.542. The van der Waals surface area contributed by atoms with Crippen LogP contribution in [0.2, 0.25) is 0 Å². The number of benzene rings is 2. The summed E-state index contributed by atoms with van der Waals surface area (Å²) >= 11 is 0. The molecule has 0 aliphatic heterocycles. The third-order valence-electron chi connectivity index (χ3n) is 3.10. The quantitative estimate of drug-likeness (QED) is 0.562. The average Bonchev–Trinajstić information content (AvgIpc) is 2.45. The summed E-state index contributed by atoms with van der Waals surface area (Å²) in [5.74, 6) is 5.98. The highest BCUT2D eigenvalue weighted by atomic mass is 15.4. The van der Waals surface area contributed by atoms with Crippen molar-refractivity contribution in [2.75, 3.05) is 6.54 Å². The molecule has 0 aliphatic carbocycles. The fraction of sp³-hybridized carbons (Fsp3) is 0.176. The van der Waals surface area contributed by atoms with Crippen molar-refractivity contribution in [1.29, 1.82) is 0 Å². The molecule has 0 atom stereocenters. The summed E-state index contributed by atoms with van der Waals surface area (Å²) in [6.07, 6.45) is 1.74. The van der Waals surface area contributed by atoms with E-state index in [9.17, 15) is 0 Å². The van der Waals surface area contributed by atoms with Crippen molar-refractivity contribution < 1.29 is 0 Å². The lowest BCUT2D eigenvalue weighted by Crippen LogP contribution is -2.28. The minimum atomic E-state index is 0.542. The van der Waals surface area contributed by atoms with E-state index in [4.69, 9.17) is 11.6 Å². The highest BCUT2D eigenvalue weighted by molar-refractivity contribution is 5.82. The van der Waals surface area contributed by atoms with Crippen molar-refractivity contribution >= 4 is 10.8 Å². The maximum Gasteiger partial charge on any atom is 0.0586 e. The number of allylic oxidation sites excluding steroid dienone is 1. The number of nitrogens with two attached hydrogens (primary N) is 2. The van der Waals surface area contributed by atoms with E-state index in [1.165, 1.54) is 10.8 Å². The van der Waals surface area contributed by atoms with Crippen LogP contribution in [0.1, 0.15) is 12.5 Å². The number of nitrogens with zero attached hydrogens (tertiary/aromatic N) is 1. The molecule has 0 amide bonds. The number of hydrogen-bond acceptors (Lipinski definition) is 4. The molecule has 0 radical (unpaired) electrons. The lowest BCUT2D eigenvalue weighted by molar-refractivity contribution is 0.382. The third-order valence-corrected chi connectivity index (χ3v) is 3.10. The van der Waals surface area contributed by atoms with E-state index in [1.807, 2.05) is 19.1 Å². The largest absolute Gasteiger partial charge is 0.399 e. The standard InChI is InChI=1S/C17H22N4/c1-13(2)20-10-17(18)12-21(19)11-14-7-8-15-5-3-4-6-16(15)9-14/h3-9,12,20H,1,10-11,18-19H2,2H3/b17-12-. The highest BCUT2D eigenvalue weighted by Crippen LogP contribution is 2.16. The van der Waals surface area contributed by atoms with Gasteiger partial charge in [0.2, 0.25) is 0 Å². The Morgan fingerprint density at radius 3 is 2.67 bits per heavy atom. The van der Waals surface area contributed by atoms with Gasteiger partial charge in [-0.1, -0.05) is 43.0 Å². The Morgan fingerprint density at radius 1 is 1.24 bits per heavy atom. The van der Waals surface area contributed by atoms with Gasteiger partial charge in [-0.25, -0.2) is 5.84 Å². The van der Waals surface area contributed by atoms with Gasteiger partial charge < -0.3 is 16.1 Å². The van der Waals surface area contributed by atoms with E-state index in [2.05, 4.69) is 42.2 Å². The summed E-state index contributed by atoms with van der Waals surface area (Å²) in [5.41, 5.74) is 8.60. The first-order valence-corrected chi connectivity index (χ1v) is 6.89. The Balaban J connectivity index is 2.02. The molecule has 4 nitrogen and oxygen atoms in total. The normalized spacial score (nSPS) is 11.4. The van der Waals surface area contributed by atoms with Crippen LogP contribution in [0, 0.1) is 0 Å². The van der Waals surface area contributed by atoms with Crippen molar-refractivity contribution in [2.45, 2.75) is 13.5 Å². The maximum absolute atomic E-state index is 5.98. The Kier molecular flexibility index (Phi) is 4.85. The van der Waals surface area contributed by atoms with Gasteiger partial charge in [-0.15, -0.1) is 0 Å². The van der Waals surface area contributed by atoms with Crippen LogP contribution in [0.3, 0.4) is 0 Å². The van der Waals surface area contributed by atoms with Gasteiger partial charge in [-0.2, -0.15) is 0 Å². The molecule has 4 heteroatoms. The maximum atomic E-state index is 5.98. The Morgan fingerprint density at radius 2 is 1.95 bits per heavy atom. The predicted octanol–water partition coefficient (Wildman–Crippen LogP) is 2.44. The van der Waals surface area contributed by atoms with Crippen molar-refractivity contribution in [3.8, 4) is 0 Å². The second kappa shape index (κ2) is 6.81. The molecule has 0 saturated carbocycles. The van der Waals surface area contributed by atoms with Gasteiger partial charge in [0.1, 0.15) is 0 Å². The van der Waals surface area contributed by atoms with Gasteiger partial charge in [0.25, 0.3) is 0 Å². The van der Waals surface area contributed by atoms with E-state index in [0.29, 0.717) is 18.8 Å². The molecule has 0 aromatic heterocycles. The second-order valence-electron chi connectivity index (χ2n) is 5.19. The first kappa shape index (κ1) is 14.9. The van der Waals surface area contributed by atoms with Gasteiger partial charge in [0, 0.05) is 17.6 Å². The van der Waals surface area contributed by atoms with Crippen molar-refractivity contribution in [3.63, 3.8) is 0 Å². The first-order chi connectivity index (χ1) is 10.0. The Bertz CT molecular complexity index is 661.